The van der Waals surface area contributed by atoms with Gasteiger partial charge in [-0.3, -0.25) is 0 Å². The van der Waals surface area contributed by atoms with Crippen molar-refractivity contribution in [2.45, 2.75) is 13.0 Å². The summed E-state index contributed by atoms with van der Waals surface area (Å²) in [6.07, 6.45) is -0.290. The molecule has 0 aromatic heterocycles. The number of ether oxygens (including phenoxy) is 1. The maximum absolute atomic E-state index is 6.14. The summed E-state index contributed by atoms with van der Waals surface area (Å²) in [7, 11) is 0. The van der Waals surface area contributed by atoms with Gasteiger partial charge in [-0.2, -0.15) is 0 Å². The fourth-order valence-corrected chi connectivity index (χ4v) is 2.58. The summed E-state index contributed by atoms with van der Waals surface area (Å²) in [5.41, 5.74) is 6.95. The molecule has 0 saturated heterocycles. The Morgan fingerprint density at radius 1 is 1.00 bits per heavy atom. The predicted octanol–water partition coefficient (Wildman–Crippen LogP) is 5.37. The third kappa shape index (κ3) is 3.27. The molecule has 2 nitrogen and oxygen atoms in total. The molecule has 0 aliphatic rings. The predicted molar refractivity (Wildman–Crippen MR) is 81.4 cm³/mol. The summed E-state index contributed by atoms with van der Waals surface area (Å²) in [6.45, 7) is 1.87. The molecule has 100 valence electrons. The summed E-state index contributed by atoms with van der Waals surface area (Å²) < 4.78 is 5.79. The minimum atomic E-state index is -0.290. The molecule has 2 N–H and O–H groups in total. The highest BCUT2D eigenvalue weighted by Gasteiger charge is 2.15. The van der Waals surface area contributed by atoms with E-state index in [1.54, 1.807) is 36.4 Å². The van der Waals surface area contributed by atoms with E-state index >= 15 is 0 Å². The Morgan fingerprint density at radius 3 is 2.21 bits per heavy atom. The molecular formula is C14H12Cl3NO. The topological polar surface area (TPSA) is 35.2 Å². The van der Waals surface area contributed by atoms with E-state index in [-0.39, 0.29) is 6.10 Å². The Bertz CT molecular complexity index is 581. The van der Waals surface area contributed by atoms with Crippen LogP contribution in [0.5, 0.6) is 5.75 Å². The lowest BCUT2D eigenvalue weighted by molar-refractivity contribution is 0.227. The van der Waals surface area contributed by atoms with E-state index < -0.39 is 0 Å². The van der Waals surface area contributed by atoms with Crippen molar-refractivity contribution >= 4 is 40.5 Å². The first-order valence-electron chi connectivity index (χ1n) is 5.64. The van der Waals surface area contributed by atoms with Gasteiger partial charge in [0.25, 0.3) is 0 Å². The van der Waals surface area contributed by atoms with Crippen LogP contribution in [0.4, 0.5) is 5.69 Å². The molecule has 2 aromatic carbocycles. The van der Waals surface area contributed by atoms with Crippen molar-refractivity contribution in [3.63, 3.8) is 0 Å². The molecule has 0 bridgehead atoms. The van der Waals surface area contributed by atoms with Crippen LogP contribution in [-0.2, 0) is 0 Å². The fourth-order valence-electron chi connectivity index (χ4n) is 1.76. The van der Waals surface area contributed by atoms with E-state index in [1.807, 2.05) is 6.92 Å². The average molecular weight is 317 g/mol. The van der Waals surface area contributed by atoms with Crippen LogP contribution in [0.2, 0.25) is 15.1 Å². The molecule has 19 heavy (non-hydrogen) atoms. The van der Waals surface area contributed by atoms with Gasteiger partial charge in [-0.1, -0.05) is 40.9 Å². The first-order chi connectivity index (χ1) is 8.99. The van der Waals surface area contributed by atoms with Crippen molar-refractivity contribution in [3.8, 4) is 5.75 Å². The zero-order valence-corrected chi connectivity index (χ0v) is 12.4. The summed E-state index contributed by atoms with van der Waals surface area (Å²) in [5.74, 6) is 0.616. The van der Waals surface area contributed by atoms with Crippen LogP contribution in [0.1, 0.15) is 18.6 Å². The van der Waals surface area contributed by atoms with Crippen LogP contribution in [0.3, 0.4) is 0 Å². The molecule has 0 radical (unpaired) electrons. The number of anilines is 1. The van der Waals surface area contributed by atoms with E-state index in [4.69, 9.17) is 45.3 Å². The van der Waals surface area contributed by atoms with Gasteiger partial charge in [-0.05, 0) is 31.2 Å². The van der Waals surface area contributed by atoms with Crippen LogP contribution in [0.25, 0.3) is 0 Å². The van der Waals surface area contributed by atoms with Crippen LogP contribution in [0, 0.1) is 0 Å². The lowest BCUT2D eigenvalue weighted by atomic mass is 10.1. The van der Waals surface area contributed by atoms with E-state index in [0.29, 0.717) is 26.5 Å². The smallest absolute Gasteiger partial charge is 0.124 e. The molecule has 5 heteroatoms. The van der Waals surface area contributed by atoms with Crippen LogP contribution >= 0.6 is 34.8 Å². The van der Waals surface area contributed by atoms with Gasteiger partial charge >= 0.3 is 0 Å². The Labute approximate surface area is 127 Å². The minimum absolute atomic E-state index is 0.290. The Morgan fingerprint density at radius 2 is 1.63 bits per heavy atom. The highest BCUT2D eigenvalue weighted by molar-refractivity contribution is 6.36. The average Bonchev–Trinajstić information content (AvgIpc) is 2.33. The van der Waals surface area contributed by atoms with Crippen LogP contribution < -0.4 is 10.5 Å². The van der Waals surface area contributed by atoms with Crippen LogP contribution in [0.15, 0.2) is 36.4 Å². The highest BCUT2D eigenvalue weighted by atomic mass is 35.5. The van der Waals surface area contributed by atoms with E-state index in [9.17, 15) is 0 Å². The summed E-state index contributed by atoms with van der Waals surface area (Å²) in [5, 5.41) is 1.64. The fraction of sp³-hybridized carbons (Fsp3) is 0.143. The zero-order valence-electron chi connectivity index (χ0n) is 10.2. The van der Waals surface area contributed by atoms with Crippen molar-refractivity contribution in [1.29, 1.82) is 0 Å². The second kappa shape index (κ2) is 5.91. The quantitative estimate of drug-likeness (QED) is 0.773. The zero-order chi connectivity index (χ0) is 14.0. The molecule has 0 aliphatic heterocycles. The Balaban J connectivity index is 2.25. The van der Waals surface area contributed by atoms with Gasteiger partial charge in [0.2, 0.25) is 0 Å². The molecule has 0 heterocycles. The second-order valence-corrected chi connectivity index (χ2v) is 5.30. The molecule has 2 aromatic rings. The SMILES string of the molecule is CC(Oc1ccc(Cl)c(N)c1)c1c(Cl)cccc1Cl. The molecule has 0 saturated carbocycles. The van der Waals surface area contributed by atoms with E-state index in [2.05, 4.69) is 0 Å². The summed E-state index contributed by atoms with van der Waals surface area (Å²) in [6, 6.07) is 10.5. The van der Waals surface area contributed by atoms with Crippen molar-refractivity contribution in [3.05, 3.63) is 57.0 Å². The Kier molecular flexibility index (Phi) is 4.46. The lowest BCUT2D eigenvalue weighted by Gasteiger charge is -2.18. The maximum atomic E-state index is 6.14. The van der Waals surface area contributed by atoms with Gasteiger partial charge in [0.15, 0.2) is 0 Å². The van der Waals surface area contributed by atoms with Gasteiger partial charge < -0.3 is 10.5 Å². The number of rotatable bonds is 3. The van der Waals surface area contributed by atoms with Gasteiger partial charge in [-0.15, -0.1) is 0 Å². The third-order valence-electron chi connectivity index (χ3n) is 2.69. The Hall–Kier alpha value is -1.09. The highest BCUT2D eigenvalue weighted by Crippen LogP contribution is 2.34. The largest absolute Gasteiger partial charge is 0.486 e. The molecule has 0 fully saturated rings. The molecule has 1 atom stereocenters. The molecule has 0 aliphatic carbocycles. The first kappa shape index (κ1) is 14.3. The van der Waals surface area contributed by atoms with Gasteiger partial charge in [0.1, 0.15) is 11.9 Å². The second-order valence-electron chi connectivity index (χ2n) is 4.08. The van der Waals surface area contributed by atoms with Crippen molar-refractivity contribution in [2.24, 2.45) is 0 Å². The van der Waals surface area contributed by atoms with Gasteiger partial charge in [-0.25, -0.2) is 0 Å². The number of nitrogens with two attached hydrogens (primary N) is 1. The number of halogens is 3. The van der Waals surface area contributed by atoms with Gasteiger partial charge in [0, 0.05) is 21.7 Å². The number of hydrogen-bond donors (Lipinski definition) is 1. The number of nitrogen functional groups attached to an aromatic ring is 1. The molecule has 1 unspecified atom stereocenters. The minimum Gasteiger partial charge on any atom is -0.486 e. The third-order valence-corrected chi connectivity index (χ3v) is 3.69. The molecule has 0 spiro atoms. The maximum Gasteiger partial charge on any atom is 0.124 e. The molecule has 0 amide bonds. The number of benzene rings is 2. The molecule has 2 rings (SSSR count). The molecular weight excluding hydrogens is 305 g/mol. The van der Waals surface area contributed by atoms with Crippen LogP contribution in [-0.4, -0.2) is 0 Å². The number of hydrogen-bond acceptors (Lipinski definition) is 2. The van der Waals surface area contributed by atoms with E-state index in [1.165, 1.54) is 0 Å². The monoisotopic (exact) mass is 315 g/mol. The first-order valence-corrected chi connectivity index (χ1v) is 6.78. The lowest BCUT2D eigenvalue weighted by Crippen LogP contribution is -2.05. The normalized spacial score (nSPS) is 12.2. The van der Waals surface area contributed by atoms with Crippen molar-refractivity contribution < 1.29 is 4.74 Å². The summed E-state index contributed by atoms with van der Waals surface area (Å²) >= 11 is 18.1. The van der Waals surface area contributed by atoms with Gasteiger partial charge in [0.05, 0.1) is 10.7 Å². The van der Waals surface area contributed by atoms with Crippen molar-refractivity contribution in [1.82, 2.24) is 0 Å². The van der Waals surface area contributed by atoms with Crippen molar-refractivity contribution in [2.75, 3.05) is 5.73 Å². The standard InChI is InChI=1S/C14H12Cl3NO/c1-8(14-11(16)3-2-4-12(14)17)19-9-5-6-10(15)13(18)7-9/h2-8H,18H2,1H3. The van der Waals surface area contributed by atoms with E-state index in [0.717, 1.165) is 5.56 Å². The summed E-state index contributed by atoms with van der Waals surface area (Å²) in [4.78, 5) is 0.